The van der Waals surface area contributed by atoms with E-state index in [1.54, 1.807) is 6.92 Å². The van der Waals surface area contributed by atoms with E-state index in [2.05, 4.69) is 9.71 Å². The summed E-state index contributed by atoms with van der Waals surface area (Å²) in [6.07, 6.45) is 1.81. The molecule has 10 heteroatoms. The van der Waals surface area contributed by atoms with Crippen LogP contribution in [0.15, 0.2) is 23.2 Å². The molecule has 0 aliphatic heterocycles. The van der Waals surface area contributed by atoms with Crippen molar-refractivity contribution in [3.8, 4) is 0 Å². The van der Waals surface area contributed by atoms with Crippen LogP contribution < -0.4 is 4.72 Å². The lowest BCUT2D eigenvalue weighted by atomic mass is 10.1. The molecule has 1 atom stereocenters. The van der Waals surface area contributed by atoms with Crippen LogP contribution in [-0.4, -0.2) is 35.9 Å². The fourth-order valence-electron chi connectivity index (χ4n) is 1.59. The van der Waals surface area contributed by atoms with Crippen LogP contribution in [0.5, 0.6) is 0 Å². The first-order chi connectivity index (χ1) is 9.77. The highest BCUT2D eigenvalue weighted by atomic mass is 32.2. The van der Waals surface area contributed by atoms with Crippen molar-refractivity contribution in [3.63, 3.8) is 0 Å². The highest BCUT2D eigenvalue weighted by Crippen LogP contribution is 2.13. The Hall–Kier alpha value is -2.07. The zero-order chi connectivity index (χ0) is 16.0. The van der Waals surface area contributed by atoms with E-state index in [0.29, 0.717) is 12.8 Å². The van der Waals surface area contributed by atoms with Crippen molar-refractivity contribution in [1.82, 2.24) is 9.71 Å². The van der Waals surface area contributed by atoms with E-state index < -0.39 is 32.7 Å². The van der Waals surface area contributed by atoms with E-state index in [1.807, 2.05) is 0 Å². The summed E-state index contributed by atoms with van der Waals surface area (Å²) in [4.78, 5) is 23.8. The Kier molecular flexibility index (Phi) is 5.73. The third kappa shape index (κ3) is 4.76. The second kappa shape index (κ2) is 7.09. The first-order valence-corrected chi connectivity index (χ1v) is 7.59. The van der Waals surface area contributed by atoms with Crippen LogP contribution in [0.2, 0.25) is 0 Å². The summed E-state index contributed by atoms with van der Waals surface area (Å²) in [6, 6.07) is 2.01. The Balaban J connectivity index is 2.81. The lowest BCUT2D eigenvalue weighted by molar-refractivity contribution is -0.389. The summed E-state index contributed by atoms with van der Waals surface area (Å²) in [5.41, 5.74) is 0. The topological polar surface area (TPSA) is 140 Å². The van der Waals surface area contributed by atoms with Gasteiger partial charge in [-0.05, 0) is 22.4 Å². The van der Waals surface area contributed by atoms with Gasteiger partial charge in [0.2, 0.25) is 10.0 Å². The van der Waals surface area contributed by atoms with Crippen molar-refractivity contribution in [3.05, 3.63) is 28.4 Å². The van der Waals surface area contributed by atoms with Crippen LogP contribution in [0.3, 0.4) is 0 Å². The molecule has 1 aromatic rings. The molecule has 0 aliphatic carbocycles. The SMILES string of the molecule is CCCC(CNS(=O)(=O)c1ccc([N+](=O)[O-])nc1)C(=O)O. The van der Waals surface area contributed by atoms with Gasteiger partial charge in [-0.3, -0.25) is 4.79 Å². The van der Waals surface area contributed by atoms with Gasteiger partial charge in [0.25, 0.3) is 0 Å². The number of nitrogens with one attached hydrogen (secondary N) is 1. The average molecular weight is 317 g/mol. The number of nitro groups is 1. The number of rotatable bonds is 8. The minimum absolute atomic E-state index is 0.248. The van der Waals surface area contributed by atoms with E-state index in [4.69, 9.17) is 5.11 Å². The fourth-order valence-corrected chi connectivity index (χ4v) is 2.62. The molecular weight excluding hydrogens is 302 g/mol. The number of hydrogen-bond acceptors (Lipinski definition) is 6. The molecule has 0 amide bonds. The van der Waals surface area contributed by atoms with Crippen LogP contribution in [0.25, 0.3) is 0 Å². The zero-order valence-electron chi connectivity index (χ0n) is 11.2. The molecule has 2 N–H and O–H groups in total. The molecule has 116 valence electrons. The molecule has 0 fully saturated rings. The molecular formula is C11H15N3O6S. The predicted molar refractivity (Wildman–Crippen MR) is 72.1 cm³/mol. The van der Waals surface area contributed by atoms with E-state index >= 15 is 0 Å². The van der Waals surface area contributed by atoms with Crippen LogP contribution in [0, 0.1) is 16.0 Å². The van der Waals surface area contributed by atoms with E-state index in [0.717, 1.165) is 18.3 Å². The fraction of sp³-hybridized carbons (Fsp3) is 0.455. The largest absolute Gasteiger partial charge is 0.481 e. The maximum Gasteiger partial charge on any atom is 0.363 e. The molecule has 0 aliphatic rings. The minimum Gasteiger partial charge on any atom is -0.481 e. The molecule has 0 aromatic carbocycles. The highest BCUT2D eigenvalue weighted by Gasteiger charge is 2.22. The molecule has 9 nitrogen and oxygen atoms in total. The molecule has 0 spiro atoms. The van der Waals surface area contributed by atoms with Crippen LogP contribution in [0.1, 0.15) is 19.8 Å². The Bertz CT molecular complexity index is 613. The number of sulfonamides is 1. The molecule has 1 unspecified atom stereocenters. The number of hydrogen-bond donors (Lipinski definition) is 2. The van der Waals surface area contributed by atoms with Gasteiger partial charge in [0, 0.05) is 12.6 Å². The third-order valence-corrected chi connectivity index (χ3v) is 4.13. The van der Waals surface area contributed by atoms with Crippen LogP contribution in [0.4, 0.5) is 5.82 Å². The third-order valence-electron chi connectivity index (χ3n) is 2.72. The van der Waals surface area contributed by atoms with E-state index in [-0.39, 0.29) is 11.4 Å². The van der Waals surface area contributed by atoms with Gasteiger partial charge in [-0.2, -0.15) is 0 Å². The molecule has 0 saturated heterocycles. The van der Waals surface area contributed by atoms with E-state index in [1.165, 1.54) is 0 Å². The summed E-state index contributed by atoms with van der Waals surface area (Å²) in [6.45, 7) is 1.55. The van der Waals surface area contributed by atoms with Gasteiger partial charge in [-0.15, -0.1) is 0 Å². The van der Waals surface area contributed by atoms with Crippen molar-refractivity contribution in [2.45, 2.75) is 24.7 Å². The number of aliphatic carboxylic acids is 1. The second-order valence-corrected chi connectivity index (χ2v) is 6.05. The summed E-state index contributed by atoms with van der Waals surface area (Å²) in [5.74, 6) is -2.37. The molecule has 1 rings (SSSR count). The molecule has 1 aromatic heterocycles. The molecule has 21 heavy (non-hydrogen) atoms. The standard InChI is InChI=1S/C11H15N3O6S/c1-2-3-8(11(15)16)6-13-21(19,20)9-4-5-10(12-7-9)14(17)18/h4-5,7-8,13H,2-3,6H2,1H3,(H,15,16). The highest BCUT2D eigenvalue weighted by molar-refractivity contribution is 7.89. The van der Waals surface area contributed by atoms with Gasteiger partial charge < -0.3 is 15.2 Å². The van der Waals surface area contributed by atoms with Gasteiger partial charge in [-0.1, -0.05) is 13.3 Å². The first-order valence-electron chi connectivity index (χ1n) is 6.11. The summed E-state index contributed by atoms with van der Waals surface area (Å²) >= 11 is 0. The predicted octanol–water partition coefficient (Wildman–Crippen LogP) is 0.769. The first kappa shape index (κ1) is 17.0. The number of carboxylic acid groups (broad SMARTS) is 1. The van der Waals surface area contributed by atoms with Gasteiger partial charge in [0.05, 0.1) is 5.92 Å². The van der Waals surface area contributed by atoms with Crippen molar-refractivity contribution in [2.75, 3.05) is 6.54 Å². The number of pyridine rings is 1. The van der Waals surface area contributed by atoms with Crippen molar-refractivity contribution in [2.24, 2.45) is 5.92 Å². The van der Waals surface area contributed by atoms with Gasteiger partial charge in [-0.25, -0.2) is 13.1 Å². The maximum atomic E-state index is 11.9. The molecule has 1 heterocycles. The zero-order valence-corrected chi connectivity index (χ0v) is 12.0. The quantitative estimate of drug-likeness (QED) is 0.533. The lowest BCUT2D eigenvalue weighted by Gasteiger charge is -2.12. The number of aromatic nitrogens is 1. The Labute approximate surface area is 121 Å². The molecule has 0 bridgehead atoms. The minimum atomic E-state index is -3.95. The van der Waals surface area contributed by atoms with E-state index in [9.17, 15) is 23.3 Å². The lowest BCUT2D eigenvalue weighted by Crippen LogP contribution is -2.33. The maximum absolute atomic E-state index is 11.9. The van der Waals surface area contributed by atoms with Crippen molar-refractivity contribution in [1.29, 1.82) is 0 Å². The van der Waals surface area contributed by atoms with Crippen molar-refractivity contribution >= 4 is 21.8 Å². The van der Waals surface area contributed by atoms with Crippen molar-refractivity contribution < 1.29 is 23.2 Å². The van der Waals surface area contributed by atoms with Gasteiger partial charge in [0.15, 0.2) is 6.20 Å². The van der Waals surface area contributed by atoms with Crippen LogP contribution >= 0.6 is 0 Å². The molecule has 0 saturated carbocycles. The molecule has 0 radical (unpaired) electrons. The smallest absolute Gasteiger partial charge is 0.363 e. The normalized spacial score (nSPS) is 12.8. The monoisotopic (exact) mass is 317 g/mol. The average Bonchev–Trinajstić information content (AvgIpc) is 2.43. The Morgan fingerprint density at radius 2 is 2.19 bits per heavy atom. The van der Waals surface area contributed by atoms with Gasteiger partial charge in [0.1, 0.15) is 4.90 Å². The Morgan fingerprint density at radius 3 is 2.62 bits per heavy atom. The second-order valence-electron chi connectivity index (χ2n) is 4.28. The number of carbonyl (C=O) groups is 1. The summed E-state index contributed by atoms with van der Waals surface area (Å²) in [5, 5.41) is 19.4. The summed E-state index contributed by atoms with van der Waals surface area (Å²) < 4.78 is 26.0. The van der Waals surface area contributed by atoms with Crippen LogP contribution in [-0.2, 0) is 14.8 Å². The Morgan fingerprint density at radius 1 is 1.52 bits per heavy atom. The van der Waals surface area contributed by atoms with Gasteiger partial charge >= 0.3 is 11.8 Å². The summed E-state index contributed by atoms with van der Waals surface area (Å²) in [7, 11) is -3.95. The number of nitrogens with zero attached hydrogens (tertiary/aromatic N) is 2. The number of carboxylic acids is 1.